The number of nitrogens with one attached hydrogen (secondary N) is 1. The fraction of sp³-hybridized carbons (Fsp3) is 0.188. The predicted octanol–water partition coefficient (Wildman–Crippen LogP) is 2.60. The van der Waals surface area contributed by atoms with Crippen molar-refractivity contribution in [2.45, 2.75) is 13.0 Å². The zero-order chi connectivity index (χ0) is 15.1. The number of thiophene rings is 1. The number of carbonyl (C=O) groups excluding carboxylic acids is 1. The Balaban J connectivity index is 1.91. The molecule has 0 aliphatic carbocycles. The Morgan fingerprint density at radius 3 is 3.00 bits per heavy atom. The van der Waals surface area contributed by atoms with Crippen molar-refractivity contribution in [1.82, 2.24) is 5.32 Å². The zero-order valence-electron chi connectivity index (χ0n) is 11.2. The van der Waals surface area contributed by atoms with Gasteiger partial charge in [-0.25, -0.2) is 0 Å². The summed E-state index contributed by atoms with van der Waals surface area (Å²) in [7, 11) is 0. The second-order valence-electron chi connectivity index (χ2n) is 4.30. The predicted molar refractivity (Wildman–Crippen MR) is 85.3 cm³/mol. The van der Waals surface area contributed by atoms with Crippen molar-refractivity contribution in [1.29, 1.82) is 0 Å². The van der Waals surface area contributed by atoms with Gasteiger partial charge in [0, 0.05) is 15.5 Å². The number of halogens is 1. The van der Waals surface area contributed by atoms with Crippen molar-refractivity contribution < 1.29 is 9.90 Å². The summed E-state index contributed by atoms with van der Waals surface area (Å²) in [6, 6.07) is 9.14. The van der Waals surface area contributed by atoms with E-state index in [-0.39, 0.29) is 12.5 Å². The summed E-state index contributed by atoms with van der Waals surface area (Å²) >= 11 is 7.42. The molecule has 1 aromatic heterocycles. The maximum Gasteiger partial charge on any atom is 0.224 e. The Kier molecular flexibility index (Phi) is 5.82. The number of benzene rings is 1. The maximum atomic E-state index is 11.9. The third-order valence-electron chi connectivity index (χ3n) is 2.75. The van der Waals surface area contributed by atoms with Crippen LogP contribution >= 0.6 is 22.9 Å². The van der Waals surface area contributed by atoms with Crippen LogP contribution in [0, 0.1) is 11.8 Å². The molecule has 2 N–H and O–H groups in total. The highest BCUT2D eigenvalue weighted by molar-refractivity contribution is 7.10. The SMILES string of the molecule is O=C(Cc1cccc(Cl)c1)NCc1sccc1C#CCO. The molecule has 1 heterocycles. The first kappa shape index (κ1) is 15.6. The van der Waals surface area contributed by atoms with Crippen LogP contribution in [0.15, 0.2) is 35.7 Å². The average Bonchev–Trinajstić information content (AvgIpc) is 2.90. The molecule has 2 aromatic rings. The lowest BCUT2D eigenvalue weighted by Crippen LogP contribution is -2.24. The van der Waals surface area contributed by atoms with Gasteiger partial charge in [-0.05, 0) is 29.1 Å². The van der Waals surface area contributed by atoms with Crippen LogP contribution in [-0.2, 0) is 17.8 Å². The van der Waals surface area contributed by atoms with Crippen LogP contribution in [0.3, 0.4) is 0 Å². The molecule has 1 aromatic carbocycles. The summed E-state index contributed by atoms with van der Waals surface area (Å²) in [6.45, 7) is 0.267. The Bertz CT molecular complexity index is 685. The summed E-state index contributed by atoms with van der Waals surface area (Å²) in [5.74, 6) is 5.41. The molecule has 0 aliphatic rings. The molecule has 21 heavy (non-hydrogen) atoms. The van der Waals surface area contributed by atoms with Crippen molar-refractivity contribution in [3.63, 3.8) is 0 Å². The van der Waals surface area contributed by atoms with Gasteiger partial charge in [0.25, 0.3) is 0 Å². The molecule has 1 amide bonds. The first-order valence-electron chi connectivity index (χ1n) is 6.36. The lowest BCUT2D eigenvalue weighted by Gasteiger charge is -2.05. The lowest BCUT2D eigenvalue weighted by atomic mass is 10.1. The molecule has 0 unspecified atom stereocenters. The minimum atomic E-state index is -0.170. The highest BCUT2D eigenvalue weighted by atomic mass is 35.5. The largest absolute Gasteiger partial charge is 0.384 e. The second-order valence-corrected chi connectivity index (χ2v) is 5.74. The van der Waals surface area contributed by atoms with Crippen molar-refractivity contribution in [2.24, 2.45) is 0 Å². The van der Waals surface area contributed by atoms with Gasteiger partial charge in [-0.2, -0.15) is 0 Å². The van der Waals surface area contributed by atoms with Gasteiger partial charge in [0.2, 0.25) is 5.91 Å². The van der Waals surface area contributed by atoms with Gasteiger partial charge in [0.15, 0.2) is 0 Å². The monoisotopic (exact) mass is 319 g/mol. The summed E-state index contributed by atoms with van der Waals surface area (Å²) in [5.41, 5.74) is 1.73. The summed E-state index contributed by atoms with van der Waals surface area (Å²) in [5, 5.41) is 14.1. The Labute approximate surface area is 132 Å². The van der Waals surface area contributed by atoms with E-state index < -0.39 is 0 Å². The molecule has 0 saturated carbocycles. The van der Waals surface area contributed by atoms with E-state index in [1.165, 1.54) is 11.3 Å². The molecule has 0 spiro atoms. The van der Waals surface area contributed by atoms with Crippen LogP contribution in [0.1, 0.15) is 16.0 Å². The van der Waals surface area contributed by atoms with Crippen LogP contribution in [0.4, 0.5) is 0 Å². The normalized spacial score (nSPS) is 9.81. The van der Waals surface area contributed by atoms with E-state index in [1.807, 2.05) is 23.6 Å². The van der Waals surface area contributed by atoms with E-state index in [2.05, 4.69) is 17.2 Å². The van der Waals surface area contributed by atoms with Gasteiger partial charge in [0.05, 0.1) is 13.0 Å². The third-order valence-corrected chi connectivity index (χ3v) is 3.90. The highest BCUT2D eigenvalue weighted by Crippen LogP contribution is 2.16. The van der Waals surface area contributed by atoms with Crippen LogP contribution in [0.2, 0.25) is 5.02 Å². The Morgan fingerprint density at radius 1 is 1.38 bits per heavy atom. The fourth-order valence-electron chi connectivity index (χ4n) is 1.80. The highest BCUT2D eigenvalue weighted by Gasteiger charge is 2.06. The van der Waals surface area contributed by atoms with Gasteiger partial charge in [-0.3, -0.25) is 4.79 Å². The summed E-state index contributed by atoms with van der Waals surface area (Å²) in [6.07, 6.45) is 0.295. The second kappa shape index (κ2) is 7.84. The van der Waals surface area contributed by atoms with Crippen LogP contribution in [0.25, 0.3) is 0 Å². The van der Waals surface area contributed by atoms with Crippen molar-refractivity contribution in [3.05, 3.63) is 56.7 Å². The Hall–Kier alpha value is -1.80. The van der Waals surface area contributed by atoms with E-state index in [4.69, 9.17) is 16.7 Å². The van der Waals surface area contributed by atoms with E-state index in [1.54, 1.807) is 12.1 Å². The first-order valence-corrected chi connectivity index (χ1v) is 7.62. The molecule has 108 valence electrons. The average molecular weight is 320 g/mol. The first-order chi connectivity index (χ1) is 10.2. The molecule has 0 radical (unpaired) electrons. The molecule has 5 heteroatoms. The molecule has 0 atom stereocenters. The van der Waals surface area contributed by atoms with Crippen molar-refractivity contribution >= 4 is 28.8 Å². The molecule has 0 saturated heterocycles. The minimum absolute atomic E-state index is 0.0632. The van der Waals surface area contributed by atoms with E-state index in [0.29, 0.717) is 18.0 Å². The minimum Gasteiger partial charge on any atom is -0.384 e. The number of rotatable bonds is 4. The zero-order valence-corrected chi connectivity index (χ0v) is 12.8. The Morgan fingerprint density at radius 2 is 2.24 bits per heavy atom. The third kappa shape index (κ3) is 4.91. The van der Waals surface area contributed by atoms with Gasteiger partial charge >= 0.3 is 0 Å². The smallest absolute Gasteiger partial charge is 0.224 e. The lowest BCUT2D eigenvalue weighted by molar-refractivity contribution is -0.120. The van der Waals surface area contributed by atoms with Crippen LogP contribution < -0.4 is 5.32 Å². The quantitative estimate of drug-likeness (QED) is 0.851. The topological polar surface area (TPSA) is 49.3 Å². The number of amides is 1. The summed E-state index contributed by atoms with van der Waals surface area (Å²) in [4.78, 5) is 12.9. The van der Waals surface area contributed by atoms with Crippen molar-refractivity contribution in [2.75, 3.05) is 6.61 Å². The van der Waals surface area contributed by atoms with Gasteiger partial charge in [-0.15, -0.1) is 11.3 Å². The number of hydrogen-bond donors (Lipinski definition) is 2. The number of carbonyl (C=O) groups is 1. The van der Waals surface area contributed by atoms with E-state index >= 15 is 0 Å². The van der Waals surface area contributed by atoms with Gasteiger partial charge in [-0.1, -0.05) is 35.6 Å². The van der Waals surface area contributed by atoms with Gasteiger partial charge in [0.1, 0.15) is 6.61 Å². The molecular weight excluding hydrogens is 306 g/mol. The van der Waals surface area contributed by atoms with Gasteiger partial charge < -0.3 is 10.4 Å². The van der Waals surface area contributed by atoms with E-state index in [9.17, 15) is 4.79 Å². The number of aliphatic hydroxyl groups excluding tert-OH is 1. The maximum absolute atomic E-state index is 11.9. The van der Waals surface area contributed by atoms with Crippen LogP contribution in [0.5, 0.6) is 0 Å². The molecule has 0 fully saturated rings. The standard InChI is InChI=1S/C16H14ClNO2S/c17-14-5-1-3-12(9-14)10-16(20)18-11-15-13(4-2-7-19)6-8-21-15/h1,3,5-6,8-9,19H,7,10-11H2,(H,18,20). The fourth-order valence-corrected chi connectivity index (χ4v) is 2.78. The summed E-state index contributed by atoms with van der Waals surface area (Å²) < 4.78 is 0. The van der Waals surface area contributed by atoms with E-state index in [0.717, 1.165) is 16.0 Å². The number of hydrogen-bond acceptors (Lipinski definition) is 3. The van der Waals surface area contributed by atoms with Crippen molar-refractivity contribution in [3.8, 4) is 11.8 Å². The molecule has 0 bridgehead atoms. The van der Waals surface area contributed by atoms with Crippen LogP contribution in [-0.4, -0.2) is 17.6 Å². The molecule has 2 rings (SSSR count). The molecule has 3 nitrogen and oxygen atoms in total. The number of aliphatic hydroxyl groups is 1. The molecule has 0 aliphatic heterocycles. The molecular formula is C16H14ClNO2S.